The molecule has 0 spiro atoms. The minimum absolute atomic E-state index is 0. The van der Waals surface area contributed by atoms with Crippen molar-refractivity contribution >= 4 is 0 Å². The van der Waals surface area contributed by atoms with Crippen LogP contribution in [0.15, 0.2) is 59.0 Å². The van der Waals surface area contributed by atoms with Gasteiger partial charge in [0.05, 0.1) is 0 Å². The molecule has 2 aliphatic carbocycles. The molecule has 0 atom stereocenters. The standard InChI is InChI=1S/2C5H5.C2H3.2ClH.Zr/c2*1-2-4-5-3-1;1-2;;;/h2*1-5H;1H,2H2;2*1H;/q;;;;;+2/p-2. The summed E-state index contributed by atoms with van der Waals surface area (Å²) in [7, 11) is 0. The summed E-state index contributed by atoms with van der Waals surface area (Å²) in [6, 6.07) is 0. The molecule has 0 radical (unpaired) electrons. The summed E-state index contributed by atoms with van der Waals surface area (Å²) in [6.45, 7) is 4.00. The first-order chi connectivity index (χ1) is 6.42. The van der Waals surface area contributed by atoms with Gasteiger partial charge in [0.2, 0.25) is 0 Å². The maximum atomic E-state index is 4.00. The van der Waals surface area contributed by atoms with Crippen molar-refractivity contribution in [3.05, 3.63) is 59.0 Å². The van der Waals surface area contributed by atoms with E-state index in [9.17, 15) is 0 Å². The molecular formula is C12H13Cl2Zr. The topological polar surface area (TPSA) is 0 Å². The summed E-state index contributed by atoms with van der Waals surface area (Å²) in [5.74, 6) is 0. The van der Waals surface area contributed by atoms with E-state index in [4.69, 9.17) is 0 Å². The van der Waals surface area contributed by atoms with Crippen LogP contribution >= 0.6 is 0 Å². The van der Waals surface area contributed by atoms with E-state index >= 15 is 0 Å². The fourth-order valence-corrected chi connectivity index (χ4v) is 7.51. The van der Waals surface area contributed by atoms with Crippen LogP contribution in [0.1, 0.15) is 0 Å². The summed E-state index contributed by atoms with van der Waals surface area (Å²) in [6.07, 6.45) is 18.0. The number of allylic oxidation sites excluding steroid dienone is 8. The van der Waals surface area contributed by atoms with Crippen LogP contribution in [0.3, 0.4) is 0 Å². The summed E-state index contributed by atoms with van der Waals surface area (Å²) in [5.41, 5.74) is 0. The van der Waals surface area contributed by atoms with Gasteiger partial charge in [-0.2, -0.15) is 0 Å². The predicted octanol–water partition coefficient (Wildman–Crippen LogP) is -2.41. The van der Waals surface area contributed by atoms with Gasteiger partial charge in [0, 0.05) is 0 Å². The van der Waals surface area contributed by atoms with Crippen molar-refractivity contribution in [1.82, 2.24) is 0 Å². The molecule has 0 aromatic rings. The van der Waals surface area contributed by atoms with Crippen LogP contribution in [-0.2, 0) is 21.8 Å². The number of hydrogen-bond acceptors (Lipinski definition) is 0. The zero-order chi connectivity index (χ0) is 9.10. The quantitative estimate of drug-likeness (QED) is 0.543. The maximum absolute atomic E-state index is 4.00. The van der Waals surface area contributed by atoms with Gasteiger partial charge >= 0.3 is 88.0 Å². The Morgan fingerprint density at radius 1 is 0.800 bits per heavy atom. The molecule has 2 rings (SSSR count). The van der Waals surface area contributed by atoms with Crippen LogP contribution in [0.4, 0.5) is 0 Å². The molecule has 0 nitrogen and oxygen atoms in total. The van der Waals surface area contributed by atoms with Crippen LogP contribution in [0, 0.1) is 0 Å². The molecule has 0 unspecified atom stereocenters. The Morgan fingerprint density at radius 2 is 1.13 bits per heavy atom. The van der Waals surface area contributed by atoms with E-state index in [0.717, 1.165) is 7.25 Å². The minimum Gasteiger partial charge on any atom is -1.00 e. The van der Waals surface area contributed by atoms with Crippen molar-refractivity contribution in [2.45, 2.75) is 7.25 Å². The van der Waals surface area contributed by atoms with Gasteiger partial charge in [-0.1, -0.05) is 0 Å². The summed E-state index contributed by atoms with van der Waals surface area (Å²) in [5, 5.41) is 0. The van der Waals surface area contributed by atoms with E-state index < -0.39 is 21.8 Å². The van der Waals surface area contributed by atoms with E-state index in [1.54, 1.807) is 0 Å². The van der Waals surface area contributed by atoms with E-state index in [2.05, 4.69) is 59.0 Å². The molecule has 0 aromatic carbocycles. The van der Waals surface area contributed by atoms with Gasteiger partial charge in [-0.05, 0) is 0 Å². The van der Waals surface area contributed by atoms with Gasteiger partial charge in [-0.15, -0.1) is 0 Å². The van der Waals surface area contributed by atoms with Crippen LogP contribution in [-0.4, -0.2) is 0 Å². The average Bonchev–Trinajstić information content (AvgIpc) is 2.76. The fraction of sp³-hybridized carbons (Fsp3) is 0.167. The molecular weight excluding hydrogens is 306 g/mol. The predicted molar refractivity (Wildman–Crippen MR) is 54.3 cm³/mol. The number of hydrogen-bond donors (Lipinski definition) is 0. The minimum atomic E-state index is -1.49. The van der Waals surface area contributed by atoms with Gasteiger partial charge in [-0.3, -0.25) is 0 Å². The molecule has 0 amide bonds. The van der Waals surface area contributed by atoms with E-state index in [0.29, 0.717) is 0 Å². The average molecular weight is 319 g/mol. The second-order valence-electron chi connectivity index (χ2n) is 3.30. The van der Waals surface area contributed by atoms with E-state index in [1.165, 1.54) is 0 Å². The monoisotopic (exact) mass is 317 g/mol. The van der Waals surface area contributed by atoms with Gasteiger partial charge in [0.25, 0.3) is 0 Å². The normalized spacial score (nSPS) is 17.6. The second kappa shape index (κ2) is 7.44. The third kappa shape index (κ3) is 3.59. The van der Waals surface area contributed by atoms with Gasteiger partial charge in [0.1, 0.15) is 0 Å². The van der Waals surface area contributed by atoms with Crippen LogP contribution < -0.4 is 24.8 Å². The molecule has 0 fully saturated rings. The molecule has 0 N–H and O–H groups in total. The first-order valence-electron chi connectivity index (χ1n) is 4.61. The fourth-order valence-electron chi connectivity index (χ4n) is 1.80. The van der Waals surface area contributed by atoms with Crippen molar-refractivity contribution in [3.8, 4) is 0 Å². The van der Waals surface area contributed by atoms with Crippen molar-refractivity contribution in [2.75, 3.05) is 0 Å². The Labute approximate surface area is 112 Å². The molecule has 0 saturated heterocycles. The summed E-state index contributed by atoms with van der Waals surface area (Å²) < 4.78 is 3.73. The Balaban J connectivity index is 0.000000980. The van der Waals surface area contributed by atoms with Crippen molar-refractivity contribution in [3.63, 3.8) is 0 Å². The number of halogens is 2. The largest absolute Gasteiger partial charge is 1.00 e. The molecule has 0 saturated carbocycles. The zero-order valence-electron chi connectivity index (χ0n) is 8.31. The summed E-state index contributed by atoms with van der Waals surface area (Å²) in [4.78, 5) is 0. The maximum Gasteiger partial charge on any atom is -1.00 e. The Kier molecular flexibility index (Phi) is 7.52. The molecule has 0 heterocycles. The summed E-state index contributed by atoms with van der Waals surface area (Å²) >= 11 is -1.49. The van der Waals surface area contributed by atoms with Crippen LogP contribution in [0.25, 0.3) is 0 Å². The third-order valence-corrected chi connectivity index (χ3v) is 9.34. The van der Waals surface area contributed by atoms with Gasteiger partial charge in [0.15, 0.2) is 0 Å². The SMILES string of the molecule is C=[CH][Zr+2]([CH]1C=CC=C1)[CH]1C=CC=C1.[Cl-].[Cl-]. The zero-order valence-corrected chi connectivity index (χ0v) is 12.3. The van der Waals surface area contributed by atoms with Crippen molar-refractivity contribution in [1.29, 1.82) is 0 Å². The van der Waals surface area contributed by atoms with Crippen molar-refractivity contribution < 1.29 is 46.6 Å². The first-order valence-corrected chi connectivity index (χ1v) is 8.87. The second-order valence-corrected chi connectivity index (χ2v) is 10.0. The Hall–Kier alpha value is 0.163. The van der Waals surface area contributed by atoms with Crippen molar-refractivity contribution in [2.24, 2.45) is 0 Å². The number of rotatable bonds is 3. The van der Waals surface area contributed by atoms with Crippen LogP contribution in [0.5, 0.6) is 0 Å². The molecule has 0 aromatic heterocycles. The molecule has 15 heavy (non-hydrogen) atoms. The molecule has 0 bridgehead atoms. The molecule has 79 valence electrons. The first kappa shape index (κ1) is 15.2. The molecule has 2 aliphatic rings. The molecule has 3 heteroatoms. The van der Waals surface area contributed by atoms with Crippen LogP contribution in [0.2, 0.25) is 7.25 Å². The molecule has 0 aliphatic heterocycles. The van der Waals surface area contributed by atoms with Gasteiger partial charge < -0.3 is 24.8 Å². The Morgan fingerprint density at radius 3 is 1.40 bits per heavy atom. The van der Waals surface area contributed by atoms with Gasteiger partial charge in [-0.25, -0.2) is 0 Å². The Bertz CT molecular complexity index is 264. The third-order valence-electron chi connectivity index (χ3n) is 2.50. The van der Waals surface area contributed by atoms with E-state index in [-0.39, 0.29) is 24.8 Å². The smallest absolute Gasteiger partial charge is 1.00 e. The van der Waals surface area contributed by atoms with E-state index in [1.807, 2.05) is 0 Å².